The predicted octanol–water partition coefficient (Wildman–Crippen LogP) is 2.93. The minimum absolute atomic E-state index is 0.0759. The Balaban J connectivity index is 2.12. The van der Waals surface area contributed by atoms with Gasteiger partial charge in [0.25, 0.3) is 0 Å². The van der Waals surface area contributed by atoms with Crippen LogP contribution in [0, 0.1) is 20.9 Å². The van der Waals surface area contributed by atoms with Crippen molar-refractivity contribution in [3.8, 4) is 11.5 Å². The summed E-state index contributed by atoms with van der Waals surface area (Å²) in [7, 11) is 3.47. The highest BCUT2D eigenvalue weighted by Gasteiger charge is 2.39. The van der Waals surface area contributed by atoms with E-state index in [1.165, 1.54) is 32.0 Å². The zero-order chi connectivity index (χ0) is 19.5. The van der Waals surface area contributed by atoms with Gasteiger partial charge in [0.15, 0.2) is 0 Å². The molecule has 0 N–H and O–H groups in total. The summed E-state index contributed by atoms with van der Waals surface area (Å²) in [5.74, 6) is 1.74. The molecule has 1 aliphatic carbocycles. The van der Waals surface area contributed by atoms with Crippen molar-refractivity contribution in [2.75, 3.05) is 14.2 Å². The van der Waals surface area contributed by atoms with Crippen LogP contribution in [0.2, 0.25) is 0 Å². The van der Waals surface area contributed by atoms with Crippen LogP contribution in [-0.2, 0) is 4.74 Å². The molecule has 2 heterocycles. The van der Waals surface area contributed by atoms with Gasteiger partial charge in [-0.15, -0.1) is 0 Å². The summed E-state index contributed by atoms with van der Waals surface area (Å²) in [5, 5.41) is 6.95. The molecule has 3 nitrogen and oxygen atoms in total. The van der Waals surface area contributed by atoms with Crippen LogP contribution in [0.15, 0.2) is 72.8 Å². The Morgan fingerprint density at radius 3 is 1.48 bits per heavy atom. The van der Waals surface area contributed by atoms with E-state index < -0.39 is 0 Å². The largest absolute Gasteiger partial charge is 0.496 e. The van der Waals surface area contributed by atoms with E-state index in [-0.39, 0.29) is 12.2 Å². The van der Waals surface area contributed by atoms with Crippen molar-refractivity contribution in [1.29, 1.82) is 0 Å². The second kappa shape index (κ2) is 6.10. The first kappa shape index (κ1) is 16.6. The van der Waals surface area contributed by atoms with E-state index in [0.29, 0.717) is 0 Å². The molecule has 2 aliphatic heterocycles. The predicted molar refractivity (Wildman–Crippen MR) is 112 cm³/mol. The van der Waals surface area contributed by atoms with Crippen LogP contribution in [0.5, 0.6) is 11.5 Å². The van der Waals surface area contributed by atoms with Gasteiger partial charge >= 0.3 is 0 Å². The van der Waals surface area contributed by atoms with E-state index in [1.807, 2.05) is 12.1 Å². The number of ether oxygens (including phenoxy) is 3. The SMILES string of the molecule is COc1cccc2/c1=C1\C(=c3\c(OC)ccc\c3=c3/cccc/c3=2)C2C=CC1O2. The van der Waals surface area contributed by atoms with E-state index >= 15 is 0 Å². The second-order valence-electron chi connectivity index (χ2n) is 7.50. The average Bonchev–Trinajstić information content (AvgIpc) is 3.38. The molecule has 3 aromatic rings. The van der Waals surface area contributed by atoms with Gasteiger partial charge < -0.3 is 14.2 Å². The zero-order valence-corrected chi connectivity index (χ0v) is 16.3. The molecule has 1 saturated heterocycles. The van der Waals surface area contributed by atoms with Crippen LogP contribution in [-0.4, -0.2) is 26.4 Å². The fourth-order valence-electron chi connectivity index (χ4n) is 5.00. The van der Waals surface area contributed by atoms with E-state index in [1.54, 1.807) is 14.2 Å². The number of methoxy groups -OCH3 is 2. The first-order valence-corrected chi connectivity index (χ1v) is 9.84. The minimum Gasteiger partial charge on any atom is -0.496 e. The van der Waals surface area contributed by atoms with Gasteiger partial charge in [0, 0.05) is 21.6 Å². The van der Waals surface area contributed by atoms with Crippen LogP contribution in [0.1, 0.15) is 0 Å². The Labute approximate surface area is 167 Å². The molecule has 0 saturated carbocycles. The molecule has 3 heteroatoms. The molecular formula is C26H20O3. The van der Waals surface area contributed by atoms with E-state index in [9.17, 15) is 0 Å². The summed E-state index contributed by atoms with van der Waals surface area (Å²) in [4.78, 5) is 0. The summed E-state index contributed by atoms with van der Waals surface area (Å²) in [5.41, 5.74) is 2.37. The van der Waals surface area contributed by atoms with Crippen molar-refractivity contribution in [3.63, 3.8) is 0 Å². The standard InChI is InChI=1S/C26H20O3/c1-27-19-11-5-9-17-15-7-3-4-8-16(15)18-10-6-12-20(28-2)24(18)26-22-14-13-21(29-22)25(26)23(17)19/h3-14,21-22H,1-2H3/b17-15-,18-16-,25-23+,26-24+. The monoisotopic (exact) mass is 380 g/mol. The molecule has 3 aliphatic rings. The van der Waals surface area contributed by atoms with E-state index in [4.69, 9.17) is 14.2 Å². The van der Waals surface area contributed by atoms with Gasteiger partial charge in [-0.1, -0.05) is 60.7 Å². The van der Waals surface area contributed by atoms with E-state index in [0.717, 1.165) is 21.9 Å². The molecule has 6 rings (SSSR count). The quantitative estimate of drug-likeness (QED) is 0.640. The van der Waals surface area contributed by atoms with Crippen LogP contribution in [0.4, 0.5) is 0 Å². The molecule has 1 fully saturated rings. The lowest BCUT2D eigenvalue weighted by molar-refractivity contribution is 0.149. The summed E-state index contributed by atoms with van der Waals surface area (Å²) in [6.07, 6.45) is 4.16. The lowest BCUT2D eigenvalue weighted by atomic mass is 9.87. The third-order valence-electron chi connectivity index (χ3n) is 6.15. The van der Waals surface area contributed by atoms with Gasteiger partial charge in [-0.3, -0.25) is 0 Å². The van der Waals surface area contributed by atoms with Gasteiger partial charge in [-0.2, -0.15) is 0 Å². The zero-order valence-electron chi connectivity index (χ0n) is 16.3. The maximum absolute atomic E-state index is 6.35. The highest BCUT2D eigenvalue weighted by atomic mass is 16.5. The maximum Gasteiger partial charge on any atom is 0.127 e. The van der Waals surface area contributed by atoms with Crippen molar-refractivity contribution < 1.29 is 14.2 Å². The first-order valence-electron chi connectivity index (χ1n) is 9.84. The highest BCUT2D eigenvalue weighted by Crippen LogP contribution is 2.40. The topological polar surface area (TPSA) is 27.7 Å². The molecule has 2 bridgehead atoms. The third kappa shape index (κ3) is 2.16. The van der Waals surface area contributed by atoms with Gasteiger partial charge in [0.05, 0.1) is 14.2 Å². The van der Waals surface area contributed by atoms with Crippen molar-refractivity contribution in [2.45, 2.75) is 12.2 Å². The van der Waals surface area contributed by atoms with Gasteiger partial charge in [0.2, 0.25) is 0 Å². The molecule has 0 radical (unpaired) electrons. The summed E-state index contributed by atoms with van der Waals surface area (Å²) in [6.45, 7) is 0. The second-order valence-corrected chi connectivity index (χ2v) is 7.50. The molecule has 0 aromatic heterocycles. The van der Waals surface area contributed by atoms with Crippen molar-refractivity contribution in [3.05, 3.63) is 104 Å². The van der Waals surface area contributed by atoms with E-state index in [2.05, 4.69) is 60.7 Å². The Hall–Kier alpha value is -3.30. The molecule has 0 amide bonds. The summed E-state index contributed by atoms with van der Waals surface area (Å²) < 4.78 is 18.0. The van der Waals surface area contributed by atoms with Crippen LogP contribution >= 0.6 is 0 Å². The molecule has 29 heavy (non-hydrogen) atoms. The van der Waals surface area contributed by atoms with Gasteiger partial charge in [-0.05, 0) is 33.0 Å². The number of hydrogen-bond donors (Lipinski definition) is 0. The summed E-state index contributed by atoms with van der Waals surface area (Å²) in [6, 6.07) is 21.1. The van der Waals surface area contributed by atoms with Crippen molar-refractivity contribution >= 4 is 11.1 Å². The van der Waals surface area contributed by atoms with Crippen molar-refractivity contribution in [1.82, 2.24) is 0 Å². The Morgan fingerprint density at radius 1 is 0.586 bits per heavy atom. The highest BCUT2D eigenvalue weighted by molar-refractivity contribution is 5.99. The maximum atomic E-state index is 6.35. The minimum atomic E-state index is -0.0759. The smallest absolute Gasteiger partial charge is 0.127 e. The van der Waals surface area contributed by atoms with Gasteiger partial charge in [0.1, 0.15) is 23.7 Å². The number of hydrogen-bond acceptors (Lipinski definition) is 3. The normalized spacial score (nSPS) is 26.6. The Morgan fingerprint density at radius 2 is 1.03 bits per heavy atom. The summed E-state index contributed by atoms with van der Waals surface area (Å²) >= 11 is 0. The average molecular weight is 380 g/mol. The third-order valence-corrected chi connectivity index (χ3v) is 6.15. The van der Waals surface area contributed by atoms with Crippen LogP contribution in [0.3, 0.4) is 0 Å². The van der Waals surface area contributed by atoms with Crippen LogP contribution < -0.4 is 19.9 Å². The Bertz CT molecular complexity index is 1400. The molecular weight excluding hydrogens is 360 g/mol. The number of fused-ring (bicyclic) bond motifs is 8. The number of benzene rings is 3. The molecule has 2 unspecified atom stereocenters. The van der Waals surface area contributed by atoms with Gasteiger partial charge in [-0.25, -0.2) is 0 Å². The van der Waals surface area contributed by atoms with Crippen molar-refractivity contribution in [2.24, 2.45) is 0 Å². The Kier molecular flexibility index (Phi) is 3.50. The molecule has 2 atom stereocenters. The fraction of sp³-hybridized carbons (Fsp3) is 0.154. The lowest BCUT2D eigenvalue weighted by Gasteiger charge is -2.16. The number of rotatable bonds is 2. The molecule has 3 aromatic carbocycles. The lowest BCUT2D eigenvalue weighted by Crippen LogP contribution is -2.25. The molecule has 0 spiro atoms. The van der Waals surface area contributed by atoms with Crippen LogP contribution in [0.25, 0.3) is 11.1 Å². The fourth-order valence-corrected chi connectivity index (χ4v) is 5.00. The first-order chi connectivity index (χ1) is 14.3. The molecule has 142 valence electrons.